The van der Waals surface area contributed by atoms with Gasteiger partial charge in [0.2, 0.25) is 5.91 Å². The van der Waals surface area contributed by atoms with E-state index in [9.17, 15) is 9.59 Å². The number of hydrogen-bond acceptors (Lipinski definition) is 4. The molecule has 1 aromatic rings. The Hall–Kier alpha value is -1.53. The minimum absolute atomic E-state index is 0.0510. The molecule has 5 nitrogen and oxygen atoms in total. The zero-order valence-electron chi connectivity index (χ0n) is 12.3. The van der Waals surface area contributed by atoms with Gasteiger partial charge in [-0.2, -0.15) is 0 Å². The van der Waals surface area contributed by atoms with E-state index in [0.717, 1.165) is 16.3 Å². The lowest BCUT2D eigenvalue weighted by Gasteiger charge is -2.31. The van der Waals surface area contributed by atoms with E-state index in [0.29, 0.717) is 13.0 Å². The number of anilines is 1. The number of amides is 1. The summed E-state index contributed by atoms with van der Waals surface area (Å²) in [5.74, 6) is -0.0739. The Morgan fingerprint density at radius 2 is 2.14 bits per heavy atom. The second-order valence-electron chi connectivity index (χ2n) is 5.04. The summed E-state index contributed by atoms with van der Waals surface area (Å²) in [4.78, 5) is 28.1. The minimum atomic E-state index is -0.887. The first-order valence-electron chi connectivity index (χ1n) is 6.99. The molecular formula is C15H20N2O3S. The Bertz CT molecular complexity index is 535. The van der Waals surface area contributed by atoms with E-state index in [2.05, 4.69) is 0 Å². The number of para-hydroxylation sites is 1. The van der Waals surface area contributed by atoms with Gasteiger partial charge in [0.15, 0.2) is 0 Å². The van der Waals surface area contributed by atoms with Crippen LogP contribution in [0, 0.1) is 0 Å². The van der Waals surface area contributed by atoms with Crippen LogP contribution >= 0.6 is 11.8 Å². The maximum atomic E-state index is 12.5. The van der Waals surface area contributed by atoms with Crippen molar-refractivity contribution in [2.45, 2.75) is 24.3 Å². The summed E-state index contributed by atoms with van der Waals surface area (Å²) in [7, 11) is 1.69. The zero-order valence-corrected chi connectivity index (χ0v) is 13.1. The van der Waals surface area contributed by atoms with Crippen LogP contribution in [-0.4, -0.2) is 53.8 Å². The third-order valence-electron chi connectivity index (χ3n) is 3.62. The van der Waals surface area contributed by atoms with E-state index in [1.807, 2.05) is 31.2 Å². The Balaban J connectivity index is 2.09. The average molecular weight is 308 g/mol. The van der Waals surface area contributed by atoms with Gasteiger partial charge < -0.3 is 10.0 Å². The fourth-order valence-corrected chi connectivity index (χ4v) is 3.51. The first-order chi connectivity index (χ1) is 10.0. The summed E-state index contributed by atoms with van der Waals surface area (Å²) in [6.45, 7) is 2.59. The molecule has 0 spiro atoms. The summed E-state index contributed by atoms with van der Waals surface area (Å²) in [6, 6.07) is 7.20. The Morgan fingerprint density at radius 1 is 1.43 bits per heavy atom. The number of carboxylic acids is 1. The molecule has 2 rings (SSSR count). The Labute approximate surface area is 128 Å². The van der Waals surface area contributed by atoms with Crippen molar-refractivity contribution in [3.05, 3.63) is 24.3 Å². The molecule has 0 saturated heterocycles. The van der Waals surface area contributed by atoms with Gasteiger partial charge in [0.05, 0.1) is 12.2 Å². The lowest BCUT2D eigenvalue weighted by molar-refractivity contribution is -0.143. The second-order valence-corrected chi connectivity index (χ2v) is 6.18. The van der Waals surface area contributed by atoms with Gasteiger partial charge in [0.25, 0.3) is 0 Å². The van der Waals surface area contributed by atoms with Crippen molar-refractivity contribution in [1.29, 1.82) is 0 Å². The van der Waals surface area contributed by atoms with Crippen LogP contribution in [0.4, 0.5) is 5.69 Å². The first-order valence-corrected chi connectivity index (χ1v) is 7.98. The van der Waals surface area contributed by atoms with E-state index in [1.54, 1.807) is 28.6 Å². The lowest BCUT2D eigenvalue weighted by Crippen LogP contribution is -2.46. The van der Waals surface area contributed by atoms with Gasteiger partial charge in [-0.3, -0.25) is 14.5 Å². The molecule has 0 aromatic heterocycles. The van der Waals surface area contributed by atoms with Crippen LogP contribution in [0.1, 0.15) is 13.3 Å². The van der Waals surface area contributed by atoms with Crippen molar-refractivity contribution < 1.29 is 14.7 Å². The predicted octanol–water partition coefficient (Wildman–Crippen LogP) is 1.92. The minimum Gasteiger partial charge on any atom is -0.480 e. The fourth-order valence-electron chi connectivity index (χ4n) is 2.51. The van der Waals surface area contributed by atoms with Gasteiger partial charge in [0, 0.05) is 17.2 Å². The summed E-state index contributed by atoms with van der Waals surface area (Å²) < 4.78 is 0. The van der Waals surface area contributed by atoms with E-state index in [1.165, 1.54) is 0 Å². The van der Waals surface area contributed by atoms with Gasteiger partial charge in [-0.1, -0.05) is 19.1 Å². The smallest absolute Gasteiger partial charge is 0.320 e. The van der Waals surface area contributed by atoms with Crippen LogP contribution in [0.25, 0.3) is 0 Å². The highest BCUT2D eigenvalue weighted by Gasteiger charge is 2.27. The Kier molecular flexibility index (Phi) is 5.25. The summed E-state index contributed by atoms with van der Waals surface area (Å²) in [5.41, 5.74) is 0.926. The van der Waals surface area contributed by atoms with Crippen molar-refractivity contribution >= 4 is 29.3 Å². The average Bonchev–Trinajstić information content (AvgIpc) is 2.46. The van der Waals surface area contributed by atoms with Crippen LogP contribution in [0.5, 0.6) is 0 Å². The van der Waals surface area contributed by atoms with Crippen molar-refractivity contribution in [2.24, 2.45) is 0 Å². The van der Waals surface area contributed by atoms with E-state index in [-0.39, 0.29) is 12.5 Å². The van der Waals surface area contributed by atoms with Crippen molar-refractivity contribution in [2.75, 3.05) is 30.8 Å². The molecule has 0 saturated carbocycles. The molecule has 0 bridgehead atoms. The van der Waals surface area contributed by atoms with Gasteiger partial charge in [0.1, 0.15) is 6.04 Å². The molecule has 21 heavy (non-hydrogen) atoms. The number of carbonyl (C=O) groups is 2. The largest absolute Gasteiger partial charge is 0.480 e. The maximum absolute atomic E-state index is 12.5. The molecule has 1 N–H and O–H groups in total. The van der Waals surface area contributed by atoms with Crippen molar-refractivity contribution in [3.63, 3.8) is 0 Å². The molecule has 1 atom stereocenters. The molecule has 1 aliphatic rings. The molecule has 1 heterocycles. The van der Waals surface area contributed by atoms with Gasteiger partial charge >= 0.3 is 5.97 Å². The van der Waals surface area contributed by atoms with E-state index < -0.39 is 12.0 Å². The predicted molar refractivity (Wildman–Crippen MR) is 83.9 cm³/mol. The summed E-state index contributed by atoms with van der Waals surface area (Å²) in [6.07, 6.45) is 0.478. The second kappa shape index (κ2) is 6.95. The van der Waals surface area contributed by atoms with Gasteiger partial charge in [-0.15, -0.1) is 11.8 Å². The maximum Gasteiger partial charge on any atom is 0.320 e. The van der Waals surface area contributed by atoms with Crippen LogP contribution in [0.2, 0.25) is 0 Å². The quantitative estimate of drug-likeness (QED) is 0.900. The van der Waals surface area contributed by atoms with Crippen molar-refractivity contribution in [3.8, 4) is 0 Å². The topological polar surface area (TPSA) is 60.9 Å². The number of thioether (sulfide) groups is 1. The van der Waals surface area contributed by atoms with Crippen LogP contribution in [0.15, 0.2) is 29.2 Å². The highest BCUT2D eigenvalue weighted by molar-refractivity contribution is 7.99. The molecule has 0 radical (unpaired) electrons. The summed E-state index contributed by atoms with van der Waals surface area (Å²) in [5, 5.41) is 9.15. The zero-order chi connectivity index (χ0) is 15.4. The van der Waals surface area contributed by atoms with Gasteiger partial charge in [-0.25, -0.2) is 0 Å². The fraction of sp³-hybridized carbons (Fsp3) is 0.467. The number of fused-ring (bicyclic) bond motifs is 1. The number of hydrogen-bond donors (Lipinski definition) is 1. The number of carboxylic acid groups (broad SMARTS) is 1. The first kappa shape index (κ1) is 15.9. The number of carbonyl (C=O) groups excluding carboxylic acids is 1. The number of likely N-dealkylation sites (N-methyl/N-ethyl adjacent to an activating group) is 1. The number of benzene rings is 1. The van der Waals surface area contributed by atoms with Crippen molar-refractivity contribution in [1.82, 2.24) is 4.90 Å². The molecule has 114 valence electrons. The van der Waals surface area contributed by atoms with Crippen LogP contribution in [0.3, 0.4) is 0 Å². The third-order valence-corrected chi connectivity index (χ3v) is 4.66. The standard InChI is InChI=1S/C15H20N2O3S/c1-3-11(15(19)20)16(2)10-14(18)17-8-9-21-13-7-5-4-6-12(13)17/h4-7,11H,3,8-10H2,1-2H3,(H,19,20). The van der Waals surface area contributed by atoms with Crippen LogP contribution < -0.4 is 4.90 Å². The van der Waals surface area contributed by atoms with Gasteiger partial charge in [-0.05, 0) is 25.6 Å². The molecule has 1 aliphatic heterocycles. The third kappa shape index (κ3) is 3.57. The SMILES string of the molecule is CCC(C(=O)O)N(C)CC(=O)N1CCSc2ccccc21. The number of nitrogens with zero attached hydrogens (tertiary/aromatic N) is 2. The van der Waals surface area contributed by atoms with Crippen LogP contribution in [-0.2, 0) is 9.59 Å². The molecule has 6 heteroatoms. The molecule has 1 amide bonds. The monoisotopic (exact) mass is 308 g/mol. The normalized spacial score (nSPS) is 15.7. The number of rotatable bonds is 5. The molecule has 0 fully saturated rings. The molecule has 1 unspecified atom stereocenters. The summed E-state index contributed by atoms with van der Waals surface area (Å²) >= 11 is 1.74. The van der Waals surface area contributed by atoms with E-state index in [4.69, 9.17) is 5.11 Å². The highest BCUT2D eigenvalue weighted by Crippen LogP contribution is 2.34. The van der Waals surface area contributed by atoms with E-state index >= 15 is 0 Å². The lowest BCUT2D eigenvalue weighted by atomic mass is 10.2. The molecule has 1 aromatic carbocycles. The number of aliphatic carboxylic acids is 1. The molecular weight excluding hydrogens is 288 g/mol. The highest BCUT2D eigenvalue weighted by atomic mass is 32.2. The molecule has 0 aliphatic carbocycles. The Morgan fingerprint density at radius 3 is 2.81 bits per heavy atom.